The van der Waals surface area contributed by atoms with Gasteiger partial charge in [0.25, 0.3) is 5.91 Å². The molecule has 2 N–H and O–H groups in total. The summed E-state index contributed by atoms with van der Waals surface area (Å²) in [6.07, 6.45) is 0. The molecule has 0 aliphatic rings. The molecular formula is C13H14ClN3O2S. The number of hydrogen-bond acceptors (Lipinski definition) is 5. The first-order chi connectivity index (χ1) is 9.55. The first-order valence-corrected chi connectivity index (χ1v) is 7.04. The topological polar surface area (TPSA) is 63.2 Å². The summed E-state index contributed by atoms with van der Waals surface area (Å²) in [5, 5.41) is 6.87. The zero-order valence-corrected chi connectivity index (χ0v) is 12.9. The number of amides is 1. The average molecular weight is 312 g/mol. The molecule has 2 aromatic rings. The number of thiazole rings is 1. The summed E-state index contributed by atoms with van der Waals surface area (Å²) in [5.41, 5.74) is 1.30. The number of carbonyl (C=O) groups excluding carboxylic acids is 1. The van der Waals surface area contributed by atoms with Crippen molar-refractivity contribution in [3.63, 3.8) is 0 Å². The van der Waals surface area contributed by atoms with E-state index < -0.39 is 0 Å². The number of aryl methyl sites for hydroxylation is 1. The first kappa shape index (κ1) is 14.6. The number of rotatable bonds is 4. The SMILES string of the molecule is CNc1nc(C)c(C(=O)Nc2ccc(OC)c(Cl)c2)s1. The van der Waals surface area contributed by atoms with Crippen molar-refractivity contribution >= 4 is 39.7 Å². The fraction of sp³-hybridized carbons (Fsp3) is 0.231. The molecule has 0 saturated heterocycles. The normalized spacial score (nSPS) is 10.2. The Bertz CT molecular complexity index is 643. The lowest BCUT2D eigenvalue weighted by Gasteiger charge is -2.07. The van der Waals surface area contributed by atoms with E-state index in [9.17, 15) is 4.79 Å². The van der Waals surface area contributed by atoms with Crippen LogP contribution in [-0.2, 0) is 0 Å². The van der Waals surface area contributed by atoms with Gasteiger partial charge in [-0.1, -0.05) is 22.9 Å². The summed E-state index contributed by atoms with van der Waals surface area (Å²) in [7, 11) is 3.31. The predicted octanol–water partition coefficient (Wildman–Crippen LogP) is 3.41. The van der Waals surface area contributed by atoms with E-state index in [2.05, 4.69) is 15.6 Å². The Morgan fingerprint density at radius 3 is 2.75 bits per heavy atom. The van der Waals surface area contributed by atoms with Gasteiger partial charge in [-0.3, -0.25) is 4.79 Å². The van der Waals surface area contributed by atoms with Crippen molar-refractivity contribution in [2.45, 2.75) is 6.92 Å². The highest BCUT2D eigenvalue weighted by molar-refractivity contribution is 7.17. The summed E-state index contributed by atoms with van der Waals surface area (Å²) in [4.78, 5) is 17.0. The van der Waals surface area contributed by atoms with E-state index in [-0.39, 0.29) is 5.91 Å². The fourth-order valence-electron chi connectivity index (χ4n) is 1.65. The highest BCUT2D eigenvalue weighted by atomic mass is 35.5. The van der Waals surface area contributed by atoms with Crippen LogP contribution in [0.5, 0.6) is 5.75 Å². The molecule has 5 nitrogen and oxygen atoms in total. The molecular weight excluding hydrogens is 298 g/mol. The van der Waals surface area contributed by atoms with Crippen LogP contribution < -0.4 is 15.4 Å². The van der Waals surface area contributed by atoms with Gasteiger partial charge in [-0.15, -0.1) is 0 Å². The van der Waals surface area contributed by atoms with Gasteiger partial charge >= 0.3 is 0 Å². The molecule has 0 atom stereocenters. The van der Waals surface area contributed by atoms with E-state index in [4.69, 9.17) is 16.3 Å². The monoisotopic (exact) mass is 311 g/mol. The highest BCUT2D eigenvalue weighted by Crippen LogP contribution is 2.28. The Morgan fingerprint density at radius 2 is 2.20 bits per heavy atom. The Labute approximate surface area is 125 Å². The van der Waals surface area contributed by atoms with Gasteiger partial charge in [0.05, 0.1) is 17.8 Å². The average Bonchev–Trinajstić information content (AvgIpc) is 2.80. The Hall–Kier alpha value is -1.79. The number of benzene rings is 1. The molecule has 1 aromatic heterocycles. The quantitative estimate of drug-likeness (QED) is 0.908. The lowest BCUT2D eigenvalue weighted by atomic mass is 10.3. The van der Waals surface area contributed by atoms with E-state index in [1.54, 1.807) is 39.3 Å². The maximum absolute atomic E-state index is 12.2. The molecule has 1 heterocycles. The second-order valence-electron chi connectivity index (χ2n) is 3.99. The van der Waals surface area contributed by atoms with E-state index in [1.807, 2.05) is 0 Å². The van der Waals surface area contributed by atoms with E-state index in [1.165, 1.54) is 11.3 Å². The van der Waals surface area contributed by atoms with E-state index in [0.717, 1.165) is 0 Å². The molecule has 2 rings (SSSR count). The summed E-state index contributed by atoms with van der Waals surface area (Å²) < 4.78 is 5.07. The Morgan fingerprint density at radius 1 is 1.45 bits per heavy atom. The van der Waals surface area contributed by atoms with Gasteiger partial charge in [0.2, 0.25) is 0 Å². The molecule has 1 aromatic carbocycles. The fourth-order valence-corrected chi connectivity index (χ4v) is 2.72. The van der Waals surface area contributed by atoms with Crippen LogP contribution in [-0.4, -0.2) is 25.0 Å². The first-order valence-electron chi connectivity index (χ1n) is 5.85. The second kappa shape index (κ2) is 6.11. The molecule has 106 valence electrons. The molecule has 0 radical (unpaired) electrons. The van der Waals surface area contributed by atoms with Crippen molar-refractivity contribution in [3.8, 4) is 5.75 Å². The van der Waals surface area contributed by atoms with Crippen LogP contribution in [0.3, 0.4) is 0 Å². The molecule has 0 aliphatic heterocycles. The number of nitrogens with one attached hydrogen (secondary N) is 2. The molecule has 0 bridgehead atoms. The maximum atomic E-state index is 12.2. The van der Waals surface area contributed by atoms with Gasteiger partial charge in [-0.05, 0) is 25.1 Å². The van der Waals surface area contributed by atoms with Gasteiger partial charge in [0.15, 0.2) is 5.13 Å². The zero-order chi connectivity index (χ0) is 14.7. The molecule has 7 heteroatoms. The van der Waals surface area contributed by atoms with Crippen LogP contribution in [0, 0.1) is 6.92 Å². The lowest BCUT2D eigenvalue weighted by Crippen LogP contribution is -2.11. The number of anilines is 2. The predicted molar refractivity (Wildman–Crippen MR) is 82.4 cm³/mol. The molecule has 0 aliphatic carbocycles. The summed E-state index contributed by atoms with van der Waals surface area (Å²) in [5.74, 6) is 0.360. The van der Waals surface area contributed by atoms with Crippen molar-refractivity contribution in [2.24, 2.45) is 0 Å². The van der Waals surface area contributed by atoms with Crippen LogP contribution in [0.4, 0.5) is 10.8 Å². The smallest absolute Gasteiger partial charge is 0.267 e. The van der Waals surface area contributed by atoms with Gasteiger partial charge < -0.3 is 15.4 Å². The van der Waals surface area contributed by atoms with Crippen LogP contribution in [0.25, 0.3) is 0 Å². The number of ether oxygens (including phenoxy) is 1. The molecule has 0 fully saturated rings. The number of aromatic nitrogens is 1. The molecule has 0 unspecified atom stereocenters. The zero-order valence-electron chi connectivity index (χ0n) is 11.3. The standard InChI is InChI=1S/C13H14ClN3O2S/c1-7-11(20-13(15-2)16-7)12(18)17-8-4-5-10(19-3)9(14)6-8/h4-6H,1-3H3,(H,15,16)(H,17,18). The maximum Gasteiger partial charge on any atom is 0.267 e. The van der Waals surface area contributed by atoms with Crippen molar-refractivity contribution in [1.82, 2.24) is 4.98 Å². The number of hydrogen-bond donors (Lipinski definition) is 2. The lowest BCUT2D eigenvalue weighted by molar-refractivity contribution is 0.103. The van der Waals surface area contributed by atoms with E-state index in [0.29, 0.717) is 32.2 Å². The van der Waals surface area contributed by atoms with Crippen LogP contribution in [0.15, 0.2) is 18.2 Å². The molecule has 0 saturated carbocycles. The van der Waals surface area contributed by atoms with Gasteiger partial charge in [0, 0.05) is 12.7 Å². The van der Waals surface area contributed by atoms with Gasteiger partial charge in [-0.25, -0.2) is 4.98 Å². The summed E-state index contributed by atoms with van der Waals surface area (Å²) in [6, 6.07) is 5.09. The largest absolute Gasteiger partial charge is 0.495 e. The second-order valence-corrected chi connectivity index (χ2v) is 5.39. The van der Waals surface area contributed by atoms with E-state index >= 15 is 0 Å². The number of halogens is 1. The van der Waals surface area contributed by atoms with Crippen molar-refractivity contribution in [1.29, 1.82) is 0 Å². The molecule has 1 amide bonds. The van der Waals surface area contributed by atoms with Crippen LogP contribution in [0.2, 0.25) is 5.02 Å². The van der Waals surface area contributed by atoms with Crippen molar-refractivity contribution in [3.05, 3.63) is 33.8 Å². The number of methoxy groups -OCH3 is 1. The minimum atomic E-state index is -0.206. The molecule has 0 spiro atoms. The third-order valence-electron chi connectivity index (χ3n) is 2.63. The third kappa shape index (κ3) is 3.02. The van der Waals surface area contributed by atoms with Gasteiger partial charge in [0.1, 0.15) is 10.6 Å². The van der Waals surface area contributed by atoms with Crippen molar-refractivity contribution < 1.29 is 9.53 Å². The summed E-state index contributed by atoms with van der Waals surface area (Å²) >= 11 is 7.33. The molecule has 20 heavy (non-hydrogen) atoms. The van der Waals surface area contributed by atoms with Crippen LogP contribution in [0.1, 0.15) is 15.4 Å². The number of carbonyl (C=O) groups is 1. The van der Waals surface area contributed by atoms with Gasteiger partial charge in [-0.2, -0.15) is 0 Å². The van der Waals surface area contributed by atoms with Crippen LogP contribution >= 0.6 is 22.9 Å². The minimum Gasteiger partial charge on any atom is -0.495 e. The third-order valence-corrected chi connectivity index (χ3v) is 4.10. The van der Waals surface area contributed by atoms with Crippen molar-refractivity contribution in [2.75, 3.05) is 24.8 Å². The number of nitrogens with zero attached hydrogens (tertiary/aromatic N) is 1. The minimum absolute atomic E-state index is 0.206. The highest BCUT2D eigenvalue weighted by Gasteiger charge is 2.15. The Kier molecular flexibility index (Phi) is 4.46. The summed E-state index contributed by atoms with van der Waals surface area (Å²) in [6.45, 7) is 1.80. The Balaban J connectivity index is 2.18.